The Morgan fingerprint density at radius 2 is 1.95 bits per heavy atom. The van der Waals surface area contributed by atoms with Crippen molar-refractivity contribution in [2.75, 3.05) is 20.1 Å². The van der Waals surface area contributed by atoms with E-state index in [1.807, 2.05) is 7.05 Å². The van der Waals surface area contributed by atoms with Crippen LogP contribution in [0, 0.1) is 11.3 Å². The zero-order chi connectivity index (χ0) is 13.7. The molecule has 2 aliphatic rings. The van der Waals surface area contributed by atoms with E-state index in [1.54, 1.807) is 0 Å². The fourth-order valence-corrected chi connectivity index (χ4v) is 3.03. The molecule has 0 aromatic heterocycles. The van der Waals surface area contributed by atoms with Crippen LogP contribution in [0.1, 0.15) is 51.9 Å². The van der Waals surface area contributed by atoms with Crippen LogP contribution in [0.2, 0.25) is 0 Å². The summed E-state index contributed by atoms with van der Waals surface area (Å²) in [5.74, 6) is 1.71. The van der Waals surface area contributed by atoms with Gasteiger partial charge in [-0.3, -0.25) is 4.99 Å². The van der Waals surface area contributed by atoms with Gasteiger partial charge < -0.3 is 15.7 Å². The van der Waals surface area contributed by atoms with E-state index in [-0.39, 0.29) is 35.5 Å². The second-order valence-electron chi connectivity index (χ2n) is 6.52. The van der Waals surface area contributed by atoms with E-state index in [9.17, 15) is 5.11 Å². The number of guanidine groups is 1. The maximum Gasteiger partial charge on any atom is 0.191 e. The van der Waals surface area contributed by atoms with Crippen molar-refractivity contribution in [1.29, 1.82) is 0 Å². The van der Waals surface area contributed by atoms with Gasteiger partial charge in [0, 0.05) is 25.6 Å². The Hall–Kier alpha value is -0.0400. The number of hydrogen-bond acceptors (Lipinski definition) is 2. The lowest BCUT2D eigenvalue weighted by molar-refractivity contribution is 0.00396. The Labute approximate surface area is 140 Å². The predicted octanol–water partition coefficient (Wildman–Crippen LogP) is 2.51. The van der Waals surface area contributed by atoms with E-state index in [0.29, 0.717) is 0 Å². The van der Waals surface area contributed by atoms with E-state index >= 15 is 0 Å². The van der Waals surface area contributed by atoms with Crippen molar-refractivity contribution < 1.29 is 5.11 Å². The van der Waals surface area contributed by atoms with E-state index in [2.05, 4.69) is 22.5 Å². The van der Waals surface area contributed by atoms with E-state index in [0.717, 1.165) is 44.2 Å². The Kier molecular flexibility index (Phi) is 7.58. The van der Waals surface area contributed by atoms with Gasteiger partial charge in [0.15, 0.2) is 5.96 Å². The average molecular weight is 395 g/mol. The van der Waals surface area contributed by atoms with E-state index in [1.165, 1.54) is 25.7 Å². The highest BCUT2D eigenvalue weighted by Gasteiger charge is 2.35. The third kappa shape index (κ3) is 4.76. The topological polar surface area (TPSA) is 56.7 Å². The standard InChI is InChI=1S/C15H29N3O.HI/c1-15(9-4-3-8-13(15)19)11-18-14(16-2)17-10-12-6-5-7-12;/h12-13,19H,3-11H2,1-2H3,(H2,16,17,18);1H. The highest BCUT2D eigenvalue weighted by molar-refractivity contribution is 14.0. The first-order chi connectivity index (χ1) is 9.14. The lowest BCUT2D eigenvalue weighted by atomic mass is 9.73. The van der Waals surface area contributed by atoms with Crippen molar-refractivity contribution in [2.24, 2.45) is 16.3 Å². The summed E-state index contributed by atoms with van der Waals surface area (Å²) < 4.78 is 0. The Morgan fingerprint density at radius 1 is 1.20 bits per heavy atom. The number of aliphatic hydroxyl groups is 1. The molecule has 0 aliphatic heterocycles. The molecule has 2 atom stereocenters. The van der Waals surface area contributed by atoms with Crippen molar-refractivity contribution in [3.63, 3.8) is 0 Å². The third-order valence-electron chi connectivity index (χ3n) is 4.95. The molecule has 0 radical (unpaired) electrons. The van der Waals surface area contributed by atoms with Gasteiger partial charge in [-0.15, -0.1) is 24.0 Å². The molecular weight excluding hydrogens is 365 g/mol. The normalized spacial score (nSPS) is 31.1. The number of nitrogens with zero attached hydrogens (tertiary/aromatic N) is 1. The molecule has 0 aromatic carbocycles. The van der Waals surface area contributed by atoms with Gasteiger partial charge in [0.25, 0.3) is 0 Å². The fraction of sp³-hybridized carbons (Fsp3) is 0.933. The van der Waals surface area contributed by atoms with Crippen molar-refractivity contribution in [2.45, 2.75) is 58.0 Å². The minimum atomic E-state index is -0.182. The number of aliphatic imine (C=N–C) groups is 1. The molecular formula is C15H30IN3O. The van der Waals surface area contributed by atoms with Gasteiger partial charge in [-0.2, -0.15) is 0 Å². The first kappa shape index (κ1) is 18.0. The molecule has 0 saturated heterocycles. The highest BCUT2D eigenvalue weighted by atomic mass is 127. The molecule has 2 aliphatic carbocycles. The summed E-state index contributed by atoms with van der Waals surface area (Å²) in [6.07, 6.45) is 8.31. The maximum absolute atomic E-state index is 10.2. The van der Waals surface area contributed by atoms with Crippen LogP contribution < -0.4 is 10.6 Å². The summed E-state index contributed by atoms with van der Waals surface area (Å²) in [5.41, 5.74) is -0.00760. The lowest BCUT2D eigenvalue weighted by Crippen LogP contribution is -2.49. The van der Waals surface area contributed by atoms with Crippen LogP contribution in [0.25, 0.3) is 0 Å². The molecule has 5 heteroatoms. The number of aliphatic hydroxyl groups excluding tert-OH is 1. The smallest absolute Gasteiger partial charge is 0.191 e. The number of hydrogen-bond donors (Lipinski definition) is 3. The fourth-order valence-electron chi connectivity index (χ4n) is 3.03. The number of rotatable bonds is 4. The van der Waals surface area contributed by atoms with Crippen LogP contribution >= 0.6 is 24.0 Å². The average Bonchev–Trinajstić information content (AvgIpc) is 2.35. The molecule has 2 saturated carbocycles. The van der Waals surface area contributed by atoms with Crippen LogP contribution in [0.5, 0.6) is 0 Å². The van der Waals surface area contributed by atoms with Gasteiger partial charge in [-0.25, -0.2) is 0 Å². The monoisotopic (exact) mass is 395 g/mol. The van der Waals surface area contributed by atoms with Gasteiger partial charge in [-0.1, -0.05) is 26.2 Å². The van der Waals surface area contributed by atoms with Crippen molar-refractivity contribution in [1.82, 2.24) is 10.6 Å². The van der Waals surface area contributed by atoms with Crippen LogP contribution in [0.3, 0.4) is 0 Å². The Balaban J connectivity index is 0.00000200. The van der Waals surface area contributed by atoms with Gasteiger partial charge in [-0.05, 0) is 31.6 Å². The summed E-state index contributed by atoms with van der Waals surface area (Å²) in [5, 5.41) is 17.0. The van der Waals surface area contributed by atoms with Gasteiger partial charge in [0.2, 0.25) is 0 Å². The van der Waals surface area contributed by atoms with Crippen molar-refractivity contribution >= 4 is 29.9 Å². The zero-order valence-corrected chi connectivity index (χ0v) is 15.2. The summed E-state index contributed by atoms with van der Waals surface area (Å²) in [6, 6.07) is 0. The maximum atomic E-state index is 10.2. The molecule has 2 unspecified atom stereocenters. The molecule has 3 N–H and O–H groups in total. The summed E-state index contributed by atoms with van der Waals surface area (Å²) >= 11 is 0. The quantitative estimate of drug-likeness (QED) is 0.390. The van der Waals surface area contributed by atoms with Crippen LogP contribution in [0.4, 0.5) is 0 Å². The summed E-state index contributed by atoms with van der Waals surface area (Å²) in [6.45, 7) is 4.01. The van der Waals surface area contributed by atoms with Crippen LogP contribution in [-0.2, 0) is 0 Å². The number of nitrogens with one attached hydrogen (secondary N) is 2. The second-order valence-corrected chi connectivity index (χ2v) is 6.52. The molecule has 0 heterocycles. The number of halogens is 1. The van der Waals surface area contributed by atoms with E-state index < -0.39 is 0 Å². The van der Waals surface area contributed by atoms with Gasteiger partial charge >= 0.3 is 0 Å². The largest absolute Gasteiger partial charge is 0.392 e. The molecule has 2 rings (SSSR count). The SMILES string of the molecule is CN=C(NCC1CCC1)NCC1(C)CCCCC1O.I. The molecule has 118 valence electrons. The molecule has 2 fully saturated rings. The van der Waals surface area contributed by atoms with Crippen molar-refractivity contribution in [3.05, 3.63) is 0 Å². The van der Waals surface area contributed by atoms with Gasteiger partial charge in [0.1, 0.15) is 0 Å². The van der Waals surface area contributed by atoms with Crippen LogP contribution in [0.15, 0.2) is 4.99 Å². The molecule has 4 nitrogen and oxygen atoms in total. The first-order valence-corrected chi connectivity index (χ1v) is 7.76. The first-order valence-electron chi connectivity index (χ1n) is 7.76. The minimum Gasteiger partial charge on any atom is -0.392 e. The molecule has 20 heavy (non-hydrogen) atoms. The molecule has 0 spiro atoms. The second kappa shape index (κ2) is 8.41. The molecule has 0 aromatic rings. The van der Waals surface area contributed by atoms with Gasteiger partial charge in [0.05, 0.1) is 6.10 Å². The predicted molar refractivity (Wildman–Crippen MR) is 94.7 cm³/mol. The Bertz CT molecular complexity index is 320. The van der Waals surface area contributed by atoms with E-state index in [4.69, 9.17) is 0 Å². The third-order valence-corrected chi connectivity index (χ3v) is 4.95. The van der Waals surface area contributed by atoms with Crippen LogP contribution in [-0.4, -0.2) is 37.3 Å². The molecule has 0 amide bonds. The highest BCUT2D eigenvalue weighted by Crippen LogP contribution is 2.35. The lowest BCUT2D eigenvalue weighted by Gasteiger charge is -2.39. The van der Waals surface area contributed by atoms with Crippen molar-refractivity contribution in [3.8, 4) is 0 Å². The zero-order valence-electron chi connectivity index (χ0n) is 12.8. The minimum absolute atomic E-state index is 0. The molecule has 0 bridgehead atoms. The Morgan fingerprint density at radius 3 is 2.50 bits per heavy atom. The summed E-state index contributed by atoms with van der Waals surface area (Å²) in [4.78, 5) is 4.27. The summed E-state index contributed by atoms with van der Waals surface area (Å²) in [7, 11) is 1.82.